The molecule has 3 aromatic rings. The summed E-state index contributed by atoms with van der Waals surface area (Å²) in [5, 5.41) is 16.6. The minimum atomic E-state index is -0.0452. The summed E-state index contributed by atoms with van der Waals surface area (Å²) in [6.07, 6.45) is 0.795. The van der Waals surface area contributed by atoms with E-state index in [4.69, 9.17) is 23.2 Å². The smallest absolute Gasteiger partial charge is 0.243 e. The summed E-state index contributed by atoms with van der Waals surface area (Å²) in [4.78, 5) is 0. The molecule has 0 fully saturated rings. The molecule has 0 bridgehead atoms. The Morgan fingerprint density at radius 3 is 2.70 bits per heavy atom. The van der Waals surface area contributed by atoms with E-state index in [1.165, 1.54) is 5.56 Å². The lowest BCUT2D eigenvalue weighted by Crippen LogP contribution is -2.28. The van der Waals surface area contributed by atoms with Crippen molar-refractivity contribution >= 4 is 29.2 Å². The summed E-state index contributed by atoms with van der Waals surface area (Å²) in [7, 11) is 0. The molecule has 116 valence electrons. The second kappa shape index (κ2) is 5.83. The Hall–Kier alpha value is -2.11. The zero-order valence-corrected chi connectivity index (χ0v) is 13.5. The van der Waals surface area contributed by atoms with Crippen LogP contribution in [0.15, 0.2) is 48.5 Å². The lowest BCUT2D eigenvalue weighted by Gasteiger charge is -2.31. The van der Waals surface area contributed by atoms with E-state index in [0.29, 0.717) is 16.0 Å². The highest BCUT2D eigenvalue weighted by Crippen LogP contribution is 2.39. The number of benzene rings is 2. The van der Waals surface area contributed by atoms with E-state index in [-0.39, 0.29) is 12.1 Å². The molecular weight excluding hydrogens is 333 g/mol. The van der Waals surface area contributed by atoms with Crippen molar-refractivity contribution in [1.29, 1.82) is 0 Å². The second-order valence-corrected chi connectivity index (χ2v) is 6.32. The molecule has 1 aliphatic rings. The number of nitrogens with one attached hydrogen (secondary N) is 1. The molecule has 0 aliphatic carbocycles. The topological polar surface area (TPSA) is 55.6 Å². The van der Waals surface area contributed by atoms with Crippen LogP contribution in [0.2, 0.25) is 10.0 Å². The van der Waals surface area contributed by atoms with Crippen LogP contribution in [-0.2, 0) is 0 Å². The van der Waals surface area contributed by atoms with Gasteiger partial charge in [0.15, 0.2) is 0 Å². The number of tetrazole rings is 1. The third-order valence-electron chi connectivity index (χ3n) is 4.07. The van der Waals surface area contributed by atoms with E-state index in [1.54, 1.807) is 10.7 Å². The molecule has 2 atom stereocenters. The van der Waals surface area contributed by atoms with Gasteiger partial charge in [-0.1, -0.05) is 64.7 Å². The fraction of sp³-hybridized carbons (Fsp3) is 0.188. The SMILES string of the molecule is Clc1ccc([C@@H]2C[C@@H](c3ccccc3)Nc3nnnn32)c(Cl)c1. The molecule has 1 N–H and O–H groups in total. The number of fused-ring (bicyclic) bond motifs is 1. The van der Waals surface area contributed by atoms with Gasteiger partial charge in [0, 0.05) is 10.0 Å². The predicted octanol–water partition coefficient (Wildman–Crippen LogP) is 4.13. The van der Waals surface area contributed by atoms with Crippen LogP contribution in [0.25, 0.3) is 0 Å². The summed E-state index contributed by atoms with van der Waals surface area (Å²) in [5.74, 6) is 0.640. The maximum absolute atomic E-state index is 6.40. The summed E-state index contributed by atoms with van der Waals surface area (Å²) in [5.41, 5.74) is 2.16. The van der Waals surface area contributed by atoms with Gasteiger partial charge in [0.25, 0.3) is 0 Å². The van der Waals surface area contributed by atoms with Crippen molar-refractivity contribution in [2.75, 3.05) is 5.32 Å². The second-order valence-electron chi connectivity index (χ2n) is 5.47. The van der Waals surface area contributed by atoms with E-state index < -0.39 is 0 Å². The molecule has 2 aromatic carbocycles. The van der Waals surface area contributed by atoms with Crippen LogP contribution < -0.4 is 5.32 Å². The Labute approximate surface area is 143 Å². The predicted molar refractivity (Wildman–Crippen MR) is 89.8 cm³/mol. The van der Waals surface area contributed by atoms with Crippen molar-refractivity contribution in [2.45, 2.75) is 18.5 Å². The lowest BCUT2D eigenvalue weighted by molar-refractivity contribution is 0.424. The molecule has 1 aromatic heterocycles. The Balaban J connectivity index is 1.77. The van der Waals surface area contributed by atoms with Gasteiger partial charge in [-0.3, -0.25) is 0 Å². The van der Waals surface area contributed by atoms with Gasteiger partial charge in [0.05, 0.1) is 12.1 Å². The molecule has 1 aliphatic heterocycles. The molecule has 5 nitrogen and oxygen atoms in total. The lowest BCUT2D eigenvalue weighted by atomic mass is 9.93. The minimum absolute atomic E-state index is 0.0452. The average Bonchev–Trinajstić information content (AvgIpc) is 3.03. The molecule has 23 heavy (non-hydrogen) atoms. The number of halogens is 2. The molecule has 2 heterocycles. The number of nitrogens with zero attached hydrogens (tertiary/aromatic N) is 4. The van der Waals surface area contributed by atoms with Gasteiger partial charge in [-0.25, -0.2) is 4.68 Å². The van der Waals surface area contributed by atoms with Crippen LogP contribution in [0, 0.1) is 0 Å². The molecule has 7 heteroatoms. The molecule has 0 amide bonds. The highest BCUT2D eigenvalue weighted by molar-refractivity contribution is 6.35. The summed E-state index contributed by atoms with van der Waals surface area (Å²) >= 11 is 12.4. The quantitative estimate of drug-likeness (QED) is 0.758. The maximum atomic E-state index is 6.40. The van der Waals surface area contributed by atoms with Gasteiger partial charge < -0.3 is 5.32 Å². The van der Waals surface area contributed by atoms with Crippen LogP contribution in [0.4, 0.5) is 5.95 Å². The molecule has 0 radical (unpaired) electrons. The molecular formula is C16H13Cl2N5. The van der Waals surface area contributed by atoms with Crippen molar-refractivity contribution < 1.29 is 0 Å². The Bertz CT molecular complexity index is 833. The molecule has 0 saturated carbocycles. The van der Waals surface area contributed by atoms with E-state index in [0.717, 1.165) is 12.0 Å². The van der Waals surface area contributed by atoms with Crippen molar-refractivity contribution in [2.24, 2.45) is 0 Å². The first-order chi connectivity index (χ1) is 11.2. The Morgan fingerprint density at radius 1 is 1.09 bits per heavy atom. The van der Waals surface area contributed by atoms with Gasteiger partial charge >= 0.3 is 0 Å². The van der Waals surface area contributed by atoms with Gasteiger partial charge in [-0.15, -0.1) is 0 Å². The van der Waals surface area contributed by atoms with Gasteiger partial charge in [0.1, 0.15) is 0 Å². The first-order valence-electron chi connectivity index (χ1n) is 7.26. The third kappa shape index (κ3) is 2.66. The molecule has 4 rings (SSSR count). The zero-order chi connectivity index (χ0) is 15.8. The highest BCUT2D eigenvalue weighted by atomic mass is 35.5. The molecule has 0 saturated heterocycles. The molecule has 0 spiro atoms. The average molecular weight is 346 g/mol. The normalized spacial score (nSPS) is 19.9. The first kappa shape index (κ1) is 14.5. The summed E-state index contributed by atoms with van der Waals surface area (Å²) in [6, 6.07) is 15.8. The van der Waals surface area contributed by atoms with Crippen molar-refractivity contribution in [3.05, 3.63) is 69.7 Å². The molecule has 0 unspecified atom stereocenters. The van der Waals surface area contributed by atoms with Crippen LogP contribution in [0.1, 0.15) is 29.6 Å². The standard InChI is InChI=1S/C16H13Cl2N5/c17-11-6-7-12(13(18)8-11)15-9-14(10-4-2-1-3-5-10)19-16-20-21-22-23(15)16/h1-8,14-15H,9H2,(H,19,20,22)/t14-,15-/m0/s1. The number of hydrogen-bond acceptors (Lipinski definition) is 4. The van der Waals surface area contributed by atoms with Crippen molar-refractivity contribution in [3.8, 4) is 0 Å². The Morgan fingerprint density at radius 2 is 1.91 bits per heavy atom. The fourth-order valence-corrected chi connectivity index (χ4v) is 3.51. The van der Waals surface area contributed by atoms with Crippen molar-refractivity contribution in [3.63, 3.8) is 0 Å². The highest BCUT2D eigenvalue weighted by Gasteiger charge is 2.31. The first-order valence-corrected chi connectivity index (χ1v) is 8.02. The Kier molecular flexibility index (Phi) is 3.67. The van der Waals surface area contributed by atoms with E-state index in [9.17, 15) is 0 Å². The van der Waals surface area contributed by atoms with Crippen LogP contribution in [0.3, 0.4) is 0 Å². The maximum Gasteiger partial charge on any atom is 0.243 e. The number of aromatic nitrogens is 4. The van der Waals surface area contributed by atoms with Crippen molar-refractivity contribution in [1.82, 2.24) is 20.2 Å². The number of rotatable bonds is 2. The third-order valence-corrected chi connectivity index (χ3v) is 4.64. The van der Waals surface area contributed by atoms with E-state index >= 15 is 0 Å². The number of anilines is 1. The minimum Gasteiger partial charge on any atom is -0.346 e. The monoisotopic (exact) mass is 345 g/mol. The largest absolute Gasteiger partial charge is 0.346 e. The van der Waals surface area contributed by atoms with E-state index in [1.807, 2.05) is 30.3 Å². The van der Waals surface area contributed by atoms with Crippen LogP contribution in [-0.4, -0.2) is 20.2 Å². The number of hydrogen-bond donors (Lipinski definition) is 1. The van der Waals surface area contributed by atoms with Gasteiger partial charge in [0.2, 0.25) is 5.95 Å². The summed E-state index contributed by atoms with van der Waals surface area (Å²) < 4.78 is 1.77. The zero-order valence-electron chi connectivity index (χ0n) is 12.0. The van der Waals surface area contributed by atoms with Gasteiger partial charge in [-0.2, -0.15) is 0 Å². The van der Waals surface area contributed by atoms with Gasteiger partial charge in [-0.05, 0) is 40.1 Å². The van der Waals surface area contributed by atoms with Crippen LogP contribution in [0.5, 0.6) is 0 Å². The van der Waals surface area contributed by atoms with Crippen LogP contribution >= 0.6 is 23.2 Å². The summed E-state index contributed by atoms with van der Waals surface area (Å²) in [6.45, 7) is 0. The fourth-order valence-electron chi connectivity index (χ4n) is 2.97. The van der Waals surface area contributed by atoms with E-state index in [2.05, 4.69) is 33.0 Å².